The molecule has 2 atom stereocenters. The van der Waals surface area contributed by atoms with Gasteiger partial charge in [0.2, 0.25) is 5.90 Å². The van der Waals surface area contributed by atoms with E-state index < -0.39 is 17.6 Å². The lowest BCUT2D eigenvalue weighted by Gasteiger charge is -2.32. The second-order valence-corrected chi connectivity index (χ2v) is 11.0. The van der Waals surface area contributed by atoms with Gasteiger partial charge in [0.15, 0.2) is 11.6 Å². The second kappa shape index (κ2) is 16.1. The molecule has 0 aliphatic carbocycles. The highest BCUT2D eigenvalue weighted by molar-refractivity contribution is 6.01. The van der Waals surface area contributed by atoms with Crippen LogP contribution in [0.2, 0.25) is 0 Å². The maximum atomic E-state index is 14.6. The topological polar surface area (TPSA) is 178 Å². The summed E-state index contributed by atoms with van der Waals surface area (Å²) in [4.78, 5) is 25.5. The lowest BCUT2D eigenvalue weighted by Crippen LogP contribution is -2.50. The minimum Gasteiger partial charge on any atom is -0.494 e. The molecule has 0 saturated heterocycles. The largest absolute Gasteiger partial charge is 0.494 e. The Morgan fingerprint density at radius 1 is 0.979 bits per heavy atom. The molecule has 0 radical (unpaired) electrons. The number of azide groups is 2. The van der Waals surface area contributed by atoms with E-state index in [1.165, 1.54) is 12.1 Å². The van der Waals surface area contributed by atoms with Gasteiger partial charge in [0, 0.05) is 52.6 Å². The van der Waals surface area contributed by atoms with Crippen molar-refractivity contribution in [3.8, 4) is 5.75 Å². The van der Waals surface area contributed by atoms with Crippen molar-refractivity contribution < 1.29 is 23.8 Å². The van der Waals surface area contributed by atoms with Gasteiger partial charge in [0.25, 0.3) is 5.91 Å². The van der Waals surface area contributed by atoms with E-state index in [0.717, 1.165) is 5.56 Å². The maximum Gasteiger partial charge on any atom is 0.252 e. The Bertz CT molecular complexity index is 1860. The van der Waals surface area contributed by atoms with Crippen LogP contribution in [-0.2, 0) is 28.9 Å². The number of hydrogen-bond donors (Lipinski definition) is 2. The molecule has 0 aromatic heterocycles. The number of aliphatic hydroxyl groups is 1. The van der Waals surface area contributed by atoms with Crippen molar-refractivity contribution >= 4 is 17.5 Å². The van der Waals surface area contributed by atoms with Crippen LogP contribution in [0.5, 0.6) is 5.75 Å². The van der Waals surface area contributed by atoms with E-state index >= 15 is 0 Å². The Morgan fingerprint density at radius 3 is 2.44 bits per heavy atom. The minimum absolute atomic E-state index is 0.0154. The van der Waals surface area contributed by atoms with E-state index in [0.29, 0.717) is 47.5 Å². The Kier molecular flexibility index (Phi) is 11.2. The van der Waals surface area contributed by atoms with Gasteiger partial charge < -0.3 is 19.9 Å². The molecular weight excluding hydrogens is 615 g/mol. The lowest BCUT2D eigenvalue weighted by molar-refractivity contribution is -0.128. The van der Waals surface area contributed by atoms with Crippen molar-refractivity contribution in [2.24, 2.45) is 15.2 Å². The van der Waals surface area contributed by atoms with Crippen LogP contribution in [0, 0.1) is 5.82 Å². The van der Waals surface area contributed by atoms with Crippen LogP contribution >= 0.6 is 0 Å². The van der Waals surface area contributed by atoms with Gasteiger partial charge in [-0.2, -0.15) is 0 Å². The Morgan fingerprint density at radius 2 is 1.71 bits per heavy atom. The number of nitrogens with zero attached hydrogens (tertiary/aromatic N) is 7. The zero-order chi connectivity index (χ0) is 33.8. The molecule has 4 aromatic carbocycles. The fourth-order valence-corrected chi connectivity index (χ4v) is 5.51. The van der Waals surface area contributed by atoms with Crippen LogP contribution in [0.3, 0.4) is 0 Å². The third-order valence-electron chi connectivity index (χ3n) is 7.90. The fraction of sp³-hybridized carbons (Fsp3) is 0.257. The van der Waals surface area contributed by atoms with Crippen LogP contribution in [0.4, 0.5) is 10.1 Å². The quantitative estimate of drug-likeness (QED) is 0.0600. The second-order valence-electron chi connectivity index (χ2n) is 11.0. The highest BCUT2D eigenvalue weighted by atomic mass is 19.1. The number of hydrogen-bond acceptors (Lipinski definition) is 7. The first-order valence-electron chi connectivity index (χ1n) is 15.3. The lowest BCUT2D eigenvalue weighted by atomic mass is 9.80. The predicted octanol–water partition coefficient (Wildman–Crippen LogP) is 7.20. The van der Waals surface area contributed by atoms with E-state index in [9.17, 15) is 14.7 Å². The summed E-state index contributed by atoms with van der Waals surface area (Å²) in [6, 6.07) is 27.3. The van der Waals surface area contributed by atoms with Crippen molar-refractivity contribution in [2.75, 3.05) is 19.8 Å². The van der Waals surface area contributed by atoms with Crippen LogP contribution in [0.1, 0.15) is 40.3 Å². The first kappa shape index (κ1) is 33.5. The summed E-state index contributed by atoms with van der Waals surface area (Å²) in [5.74, 6) is -0.00743. The van der Waals surface area contributed by atoms with Crippen LogP contribution < -0.4 is 10.1 Å². The average molecular weight is 649 g/mol. The van der Waals surface area contributed by atoms with Crippen LogP contribution in [-0.4, -0.2) is 42.2 Å². The number of aliphatic hydroxyl groups excluding tert-OH is 1. The van der Waals surface area contributed by atoms with E-state index in [1.54, 1.807) is 60.7 Å². The molecule has 1 aliphatic heterocycles. The number of halogens is 1. The number of rotatable bonds is 15. The molecule has 0 spiro atoms. The van der Waals surface area contributed by atoms with Crippen molar-refractivity contribution in [3.05, 3.63) is 152 Å². The SMILES string of the molecule is [N-]=[N+]=NCc1ccccc1C[C@@]1(C(=O)NCCc2ccc(F)cc2)N=C(c2ccc(OCCCO)cc2)O[C@@H]1c1ccccc1N=[N+]=[N-]. The van der Waals surface area contributed by atoms with Gasteiger partial charge >= 0.3 is 0 Å². The monoisotopic (exact) mass is 648 g/mol. The number of ether oxygens (including phenoxy) is 2. The molecule has 0 saturated carbocycles. The van der Waals surface area contributed by atoms with Gasteiger partial charge in [-0.15, -0.1) is 0 Å². The molecule has 5 rings (SSSR count). The predicted molar refractivity (Wildman–Crippen MR) is 178 cm³/mol. The molecule has 0 fully saturated rings. The summed E-state index contributed by atoms with van der Waals surface area (Å²) in [5, 5.41) is 19.8. The number of carbonyl (C=O) groups excluding carboxylic acids is 1. The maximum absolute atomic E-state index is 14.6. The van der Waals surface area contributed by atoms with Crippen molar-refractivity contribution in [2.45, 2.75) is 37.5 Å². The first-order valence-corrected chi connectivity index (χ1v) is 15.3. The summed E-state index contributed by atoms with van der Waals surface area (Å²) in [7, 11) is 0. The molecule has 2 N–H and O–H groups in total. The minimum atomic E-state index is -1.61. The van der Waals surface area contributed by atoms with Crippen LogP contribution in [0.25, 0.3) is 20.9 Å². The summed E-state index contributed by atoms with van der Waals surface area (Å²) in [6.45, 7) is 0.648. The average Bonchev–Trinajstić information content (AvgIpc) is 3.49. The smallest absolute Gasteiger partial charge is 0.252 e. The normalized spacial score (nSPS) is 16.5. The zero-order valence-corrected chi connectivity index (χ0v) is 25.9. The summed E-state index contributed by atoms with van der Waals surface area (Å²) in [5.41, 5.74) is 20.4. The molecule has 0 unspecified atom stereocenters. The number of benzene rings is 4. The van der Waals surface area contributed by atoms with Gasteiger partial charge in [-0.25, -0.2) is 9.38 Å². The number of nitrogens with one attached hydrogen (secondary N) is 1. The molecule has 13 heteroatoms. The van der Waals surface area contributed by atoms with Gasteiger partial charge in [-0.1, -0.05) is 70.9 Å². The van der Waals surface area contributed by atoms with E-state index in [2.05, 4.69) is 25.4 Å². The van der Waals surface area contributed by atoms with Gasteiger partial charge in [-0.05, 0) is 70.6 Å². The summed E-state index contributed by atoms with van der Waals surface area (Å²) < 4.78 is 25.8. The summed E-state index contributed by atoms with van der Waals surface area (Å²) >= 11 is 0. The van der Waals surface area contributed by atoms with Crippen LogP contribution in [0.15, 0.2) is 112 Å². The molecule has 12 nitrogen and oxygen atoms in total. The van der Waals surface area contributed by atoms with Gasteiger partial charge in [0.05, 0.1) is 13.2 Å². The molecule has 4 aromatic rings. The standard InChI is InChI=1S/C35H33FN8O4/c36-28-14-10-24(11-15-28)18-19-39-34(46)35(22-26-6-1-2-7-27(26)23-40-43-37)32(30-8-3-4-9-31(30)42-44-38)48-33(41-35)25-12-16-29(17-13-25)47-21-5-20-45/h1-4,6-17,32,45H,5,18-23H2,(H,39,46)/t32-,35-/m1/s1. The highest BCUT2D eigenvalue weighted by Gasteiger charge is 2.54. The van der Waals surface area contributed by atoms with Crippen molar-refractivity contribution in [3.63, 3.8) is 0 Å². The summed E-state index contributed by atoms with van der Waals surface area (Å²) in [6.07, 6.45) is -0.0599. The number of amides is 1. The Labute approximate surface area is 276 Å². The molecule has 1 heterocycles. The van der Waals surface area contributed by atoms with Gasteiger partial charge in [0.1, 0.15) is 11.6 Å². The highest BCUT2D eigenvalue weighted by Crippen LogP contribution is 2.45. The van der Waals surface area contributed by atoms with Crippen molar-refractivity contribution in [1.82, 2.24) is 5.32 Å². The fourth-order valence-electron chi connectivity index (χ4n) is 5.51. The molecular formula is C35H33FN8O4. The molecule has 1 amide bonds. The number of aliphatic imine (C=N–C) groups is 1. The van der Waals surface area contributed by atoms with E-state index in [1.807, 2.05) is 24.3 Å². The molecule has 244 valence electrons. The van der Waals surface area contributed by atoms with E-state index in [-0.39, 0.29) is 43.5 Å². The third kappa shape index (κ3) is 7.91. The first-order chi connectivity index (χ1) is 23.5. The van der Waals surface area contributed by atoms with Gasteiger partial charge in [-0.3, -0.25) is 4.79 Å². The third-order valence-corrected chi connectivity index (χ3v) is 7.90. The Hall–Kier alpha value is -5.87. The molecule has 1 aliphatic rings. The Balaban J connectivity index is 1.60. The zero-order valence-electron chi connectivity index (χ0n) is 25.9. The number of carbonyl (C=O) groups is 1. The molecule has 48 heavy (non-hydrogen) atoms. The molecule has 0 bridgehead atoms. The van der Waals surface area contributed by atoms with E-state index in [4.69, 9.17) is 25.1 Å². The van der Waals surface area contributed by atoms with Crippen molar-refractivity contribution in [1.29, 1.82) is 0 Å².